The van der Waals surface area contributed by atoms with Gasteiger partial charge in [-0.3, -0.25) is 0 Å². The van der Waals surface area contributed by atoms with E-state index < -0.39 is 23.4 Å². The molecule has 0 radical (unpaired) electrons. The molecule has 2 heterocycles. The molecule has 5 aromatic rings. The first-order valence-corrected chi connectivity index (χ1v) is 9.38. The second-order valence-corrected chi connectivity index (χ2v) is 7.04. The molecule has 32 heavy (non-hydrogen) atoms. The second-order valence-electron chi connectivity index (χ2n) is 7.04. The van der Waals surface area contributed by atoms with Crippen LogP contribution < -0.4 is 0 Å². The molecule has 0 N–H and O–H groups in total. The van der Waals surface area contributed by atoms with Crippen molar-refractivity contribution < 1.29 is 26.5 Å². The Morgan fingerprint density at radius 2 is 1.56 bits per heavy atom. The van der Waals surface area contributed by atoms with Crippen LogP contribution in [0.5, 0.6) is 0 Å². The number of nitrogens with zero attached hydrogens (tertiary/aromatic N) is 3. The molecule has 160 valence electrons. The Morgan fingerprint density at radius 1 is 0.812 bits per heavy atom. The van der Waals surface area contributed by atoms with Crippen molar-refractivity contribution in [2.75, 3.05) is 0 Å². The summed E-state index contributed by atoms with van der Waals surface area (Å²) in [5.74, 6) is -1.17. The zero-order chi connectivity index (χ0) is 22.5. The maximum atomic E-state index is 14.3. The van der Waals surface area contributed by atoms with E-state index in [1.807, 2.05) is 0 Å². The highest BCUT2D eigenvalue weighted by Crippen LogP contribution is 2.35. The first kappa shape index (κ1) is 19.9. The Bertz CT molecular complexity index is 1430. The third kappa shape index (κ3) is 3.41. The zero-order valence-electron chi connectivity index (χ0n) is 16.1. The summed E-state index contributed by atoms with van der Waals surface area (Å²) in [6.45, 7) is 0. The van der Waals surface area contributed by atoms with Gasteiger partial charge in [-0.25, -0.2) is 13.5 Å². The molecule has 0 aliphatic heterocycles. The lowest BCUT2D eigenvalue weighted by atomic mass is 10.0. The minimum atomic E-state index is -4.44. The van der Waals surface area contributed by atoms with Gasteiger partial charge < -0.3 is 4.52 Å². The van der Waals surface area contributed by atoms with Gasteiger partial charge in [0.1, 0.15) is 17.0 Å². The monoisotopic (exact) mass is 441 g/mol. The summed E-state index contributed by atoms with van der Waals surface area (Å²) in [5.41, 5.74) is 1.39. The third-order valence-electron chi connectivity index (χ3n) is 5.03. The van der Waals surface area contributed by atoms with Crippen molar-refractivity contribution in [3.63, 3.8) is 0 Å². The minimum Gasteiger partial charge on any atom is -0.355 e. The van der Waals surface area contributed by atoms with Crippen molar-refractivity contribution in [1.82, 2.24) is 14.9 Å². The van der Waals surface area contributed by atoms with Gasteiger partial charge in [-0.15, -0.1) is 0 Å². The molecule has 9 heteroatoms. The predicted octanol–water partition coefficient (Wildman–Crippen LogP) is 6.64. The lowest BCUT2D eigenvalue weighted by Gasteiger charge is -2.09. The Morgan fingerprint density at radius 3 is 2.28 bits per heavy atom. The van der Waals surface area contributed by atoms with Crippen LogP contribution in [0.3, 0.4) is 0 Å². The van der Waals surface area contributed by atoms with Gasteiger partial charge in [-0.05, 0) is 42.5 Å². The maximum Gasteiger partial charge on any atom is 0.416 e. The molecule has 0 spiro atoms. The summed E-state index contributed by atoms with van der Waals surface area (Å²) in [6, 6.07) is 14.6. The first-order valence-electron chi connectivity index (χ1n) is 9.38. The summed E-state index contributed by atoms with van der Waals surface area (Å²) in [4.78, 5) is 0. The van der Waals surface area contributed by atoms with E-state index in [-0.39, 0.29) is 5.69 Å². The molecule has 2 aromatic heterocycles. The van der Waals surface area contributed by atoms with Crippen LogP contribution >= 0.6 is 0 Å². The average Bonchev–Trinajstić information content (AvgIpc) is 3.40. The Balaban J connectivity index is 1.59. The van der Waals surface area contributed by atoms with E-state index in [1.54, 1.807) is 24.3 Å². The van der Waals surface area contributed by atoms with E-state index in [0.717, 1.165) is 24.3 Å². The number of rotatable bonds is 3. The normalized spacial score (nSPS) is 11.9. The molecule has 0 aliphatic carbocycles. The molecule has 0 saturated heterocycles. The van der Waals surface area contributed by atoms with Crippen LogP contribution in [0.4, 0.5) is 22.0 Å². The van der Waals surface area contributed by atoms with Crippen molar-refractivity contribution in [3.05, 3.63) is 90.1 Å². The van der Waals surface area contributed by atoms with E-state index in [0.29, 0.717) is 33.5 Å². The molecular formula is C23H12F5N3O. The minimum absolute atomic E-state index is 0.0692. The molecule has 0 unspecified atom stereocenters. The van der Waals surface area contributed by atoms with Crippen LogP contribution in [0.15, 0.2) is 77.4 Å². The molecular weight excluding hydrogens is 429 g/mol. The highest BCUT2D eigenvalue weighted by Gasteiger charge is 2.30. The fourth-order valence-corrected chi connectivity index (χ4v) is 3.49. The van der Waals surface area contributed by atoms with Crippen molar-refractivity contribution in [2.24, 2.45) is 0 Å². The molecule has 0 amide bonds. The van der Waals surface area contributed by atoms with Crippen molar-refractivity contribution >= 4 is 10.9 Å². The average molecular weight is 441 g/mol. The lowest BCUT2D eigenvalue weighted by molar-refractivity contribution is -0.137. The standard InChI is InChI=1S/C23H12F5N3O/c24-16-6-8-21(18(25)12-16)31-20(9-10-29-31)14-3-7-19-17(11-14)22(32-30-19)13-1-4-15(5-2-13)23(26,27)28/h1-12H. The fraction of sp³-hybridized carbons (Fsp3) is 0.0435. The Hall–Kier alpha value is -4.01. The molecule has 0 aliphatic rings. The van der Waals surface area contributed by atoms with E-state index in [1.165, 1.54) is 29.1 Å². The fourth-order valence-electron chi connectivity index (χ4n) is 3.49. The molecule has 0 saturated carbocycles. The van der Waals surface area contributed by atoms with Crippen LogP contribution in [0, 0.1) is 11.6 Å². The molecule has 3 aromatic carbocycles. The van der Waals surface area contributed by atoms with Crippen LogP contribution in [0.1, 0.15) is 5.56 Å². The van der Waals surface area contributed by atoms with Crippen molar-refractivity contribution in [2.45, 2.75) is 6.18 Å². The number of alkyl halides is 3. The number of benzene rings is 3. The molecule has 0 atom stereocenters. The van der Waals surface area contributed by atoms with E-state index in [9.17, 15) is 22.0 Å². The number of fused-ring (bicyclic) bond motifs is 1. The number of hydrogen-bond donors (Lipinski definition) is 0. The van der Waals surface area contributed by atoms with Gasteiger partial charge in [0.25, 0.3) is 0 Å². The molecule has 4 nitrogen and oxygen atoms in total. The summed E-state index contributed by atoms with van der Waals surface area (Å²) in [6.07, 6.45) is -2.96. The summed E-state index contributed by atoms with van der Waals surface area (Å²) in [5, 5.41) is 8.68. The molecule has 0 fully saturated rings. The maximum absolute atomic E-state index is 14.3. The predicted molar refractivity (Wildman–Crippen MR) is 107 cm³/mol. The quantitative estimate of drug-likeness (QED) is 0.295. The van der Waals surface area contributed by atoms with Crippen molar-refractivity contribution in [1.29, 1.82) is 0 Å². The summed E-state index contributed by atoms with van der Waals surface area (Å²) < 4.78 is 72.9. The van der Waals surface area contributed by atoms with Crippen LogP contribution in [0.2, 0.25) is 0 Å². The highest BCUT2D eigenvalue weighted by atomic mass is 19.4. The summed E-state index contributed by atoms with van der Waals surface area (Å²) >= 11 is 0. The smallest absolute Gasteiger partial charge is 0.355 e. The van der Waals surface area contributed by atoms with E-state index >= 15 is 0 Å². The number of halogens is 5. The second kappa shape index (κ2) is 7.30. The van der Waals surface area contributed by atoms with Gasteiger partial charge in [-0.1, -0.05) is 23.4 Å². The van der Waals surface area contributed by atoms with Crippen LogP contribution in [0.25, 0.3) is 39.2 Å². The van der Waals surface area contributed by atoms with Gasteiger partial charge in [0.15, 0.2) is 11.6 Å². The molecule has 5 rings (SSSR count). The molecule has 0 bridgehead atoms. The lowest BCUT2D eigenvalue weighted by Crippen LogP contribution is -2.03. The van der Waals surface area contributed by atoms with Gasteiger partial charge in [0.2, 0.25) is 0 Å². The van der Waals surface area contributed by atoms with Gasteiger partial charge in [0, 0.05) is 17.2 Å². The van der Waals surface area contributed by atoms with Gasteiger partial charge in [-0.2, -0.15) is 18.3 Å². The highest BCUT2D eigenvalue weighted by molar-refractivity contribution is 5.94. The first-order chi connectivity index (χ1) is 15.3. The Kier molecular flexibility index (Phi) is 4.54. The van der Waals surface area contributed by atoms with E-state index in [2.05, 4.69) is 10.3 Å². The van der Waals surface area contributed by atoms with Crippen LogP contribution in [-0.4, -0.2) is 14.9 Å². The SMILES string of the molecule is Fc1ccc(-n2nccc2-c2ccc3noc(-c4ccc(C(F)(F)F)cc4)c3c2)c(F)c1. The Labute approximate surface area is 177 Å². The van der Waals surface area contributed by atoms with Gasteiger partial charge >= 0.3 is 6.18 Å². The van der Waals surface area contributed by atoms with E-state index in [4.69, 9.17) is 4.52 Å². The largest absolute Gasteiger partial charge is 0.416 e. The third-order valence-corrected chi connectivity index (χ3v) is 5.03. The topological polar surface area (TPSA) is 43.9 Å². The van der Waals surface area contributed by atoms with Crippen molar-refractivity contribution in [3.8, 4) is 28.3 Å². The number of aromatic nitrogens is 3. The summed E-state index contributed by atoms with van der Waals surface area (Å²) in [7, 11) is 0. The number of hydrogen-bond acceptors (Lipinski definition) is 3. The zero-order valence-corrected chi connectivity index (χ0v) is 16.1. The van der Waals surface area contributed by atoms with Gasteiger partial charge in [0.05, 0.1) is 22.8 Å². The van der Waals surface area contributed by atoms with Crippen LogP contribution in [-0.2, 0) is 6.18 Å².